The van der Waals surface area contributed by atoms with Crippen molar-refractivity contribution in [1.82, 2.24) is 4.98 Å². The lowest BCUT2D eigenvalue weighted by atomic mass is 10.2. The van der Waals surface area contributed by atoms with Gasteiger partial charge in [0.25, 0.3) is 0 Å². The number of aromatic nitrogens is 1. The highest BCUT2D eigenvalue weighted by molar-refractivity contribution is 7.92. The summed E-state index contributed by atoms with van der Waals surface area (Å²) in [6.45, 7) is 0.198. The Bertz CT molecular complexity index is 932. The maximum atomic E-state index is 13.1. The summed E-state index contributed by atoms with van der Waals surface area (Å²) in [5.74, 6) is -0.0827. The van der Waals surface area contributed by atoms with Crippen LogP contribution in [0.4, 0.5) is 5.69 Å². The van der Waals surface area contributed by atoms with Gasteiger partial charge in [0.2, 0.25) is 10.0 Å². The summed E-state index contributed by atoms with van der Waals surface area (Å²) >= 11 is 6.07. The largest absolute Gasteiger partial charge is 0.265 e. The van der Waals surface area contributed by atoms with Gasteiger partial charge in [-0.25, -0.2) is 8.42 Å². The third-order valence-corrected chi connectivity index (χ3v) is 5.62. The molecule has 1 aromatic heterocycles. The summed E-state index contributed by atoms with van der Waals surface area (Å²) in [6.07, 6.45) is 3.32. The average molecular weight is 373 g/mol. The number of rotatable bonds is 6. The second kappa shape index (κ2) is 7.68. The van der Waals surface area contributed by atoms with Crippen LogP contribution in [0, 0.1) is 0 Å². The highest BCUT2D eigenvalue weighted by Crippen LogP contribution is 2.26. The van der Waals surface area contributed by atoms with Gasteiger partial charge in [-0.05, 0) is 35.4 Å². The zero-order valence-electron chi connectivity index (χ0n) is 13.4. The van der Waals surface area contributed by atoms with Crippen molar-refractivity contribution in [3.05, 3.63) is 95.3 Å². The predicted octanol–water partition coefficient (Wildman–Crippen LogP) is 4.27. The zero-order valence-corrected chi connectivity index (χ0v) is 15.0. The molecule has 128 valence electrons. The van der Waals surface area contributed by atoms with Crippen LogP contribution in [0.25, 0.3) is 0 Å². The van der Waals surface area contributed by atoms with Gasteiger partial charge in [-0.15, -0.1) is 0 Å². The van der Waals surface area contributed by atoms with Crippen molar-refractivity contribution in [2.24, 2.45) is 0 Å². The lowest BCUT2D eigenvalue weighted by Gasteiger charge is -2.25. The molecule has 0 atom stereocenters. The van der Waals surface area contributed by atoms with Crippen LogP contribution in [0.2, 0.25) is 5.02 Å². The van der Waals surface area contributed by atoms with E-state index in [1.54, 1.807) is 54.9 Å². The number of benzene rings is 2. The second-order valence-electron chi connectivity index (χ2n) is 5.59. The number of sulfonamides is 1. The number of hydrogen-bond acceptors (Lipinski definition) is 3. The summed E-state index contributed by atoms with van der Waals surface area (Å²) in [5.41, 5.74) is 2.08. The summed E-state index contributed by atoms with van der Waals surface area (Å²) in [5, 5.41) is 0.489. The zero-order chi connectivity index (χ0) is 17.7. The first kappa shape index (κ1) is 17.5. The Balaban J connectivity index is 1.98. The lowest BCUT2D eigenvalue weighted by Crippen LogP contribution is -2.31. The SMILES string of the molecule is O=S(=O)(Cc1ccccc1)N(Cc1cccnc1)c1cccc(Cl)c1. The van der Waals surface area contributed by atoms with Crippen LogP contribution in [-0.4, -0.2) is 13.4 Å². The molecular weight excluding hydrogens is 356 g/mol. The van der Waals surface area contributed by atoms with E-state index in [0.29, 0.717) is 10.7 Å². The summed E-state index contributed by atoms with van der Waals surface area (Å²) < 4.78 is 27.5. The first-order valence-electron chi connectivity index (χ1n) is 7.73. The first-order chi connectivity index (χ1) is 12.0. The molecule has 0 fully saturated rings. The van der Waals surface area contributed by atoms with Gasteiger partial charge in [0.05, 0.1) is 18.0 Å². The van der Waals surface area contributed by atoms with E-state index in [0.717, 1.165) is 11.1 Å². The molecule has 0 saturated carbocycles. The molecule has 0 aliphatic heterocycles. The van der Waals surface area contributed by atoms with Crippen LogP contribution in [0.5, 0.6) is 0 Å². The van der Waals surface area contributed by atoms with Crippen molar-refractivity contribution < 1.29 is 8.42 Å². The monoisotopic (exact) mass is 372 g/mol. The number of anilines is 1. The van der Waals surface area contributed by atoms with E-state index >= 15 is 0 Å². The predicted molar refractivity (Wildman–Crippen MR) is 101 cm³/mol. The Hall–Kier alpha value is -2.37. The van der Waals surface area contributed by atoms with E-state index < -0.39 is 10.0 Å². The van der Waals surface area contributed by atoms with Crippen LogP contribution >= 0.6 is 11.6 Å². The van der Waals surface area contributed by atoms with Gasteiger partial charge in [0.1, 0.15) is 0 Å². The van der Waals surface area contributed by atoms with Crippen molar-refractivity contribution in [3.8, 4) is 0 Å². The van der Waals surface area contributed by atoms with Crippen LogP contribution in [-0.2, 0) is 22.3 Å². The van der Waals surface area contributed by atoms with E-state index in [1.807, 2.05) is 24.3 Å². The van der Waals surface area contributed by atoms with Crippen molar-refractivity contribution >= 4 is 27.3 Å². The van der Waals surface area contributed by atoms with Gasteiger partial charge in [-0.2, -0.15) is 0 Å². The van der Waals surface area contributed by atoms with Gasteiger partial charge < -0.3 is 0 Å². The van der Waals surface area contributed by atoms with E-state index in [-0.39, 0.29) is 12.3 Å². The number of halogens is 1. The molecule has 25 heavy (non-hydrogen) atoms. The molecule has 0 unspecified atom stereocenters. The highest BCUT2D eigenvalue weighted by atomic mass is 35.5. The summed E-state index contributed by atoms with van der Waals surface area (Å²) in [6, 6.07) is 19.6. The molecule has 0 amide bonds. The lowest BCUT2D eigenvalue weighted by molar-refractivity contribution is 0.589. The van der Waals surface area contributed by atoms with Gasteiger partial charge in [-0.1, -0.05) is 54.1 Å². The molecule has 2 aromatic carbocycles. The van der Waals surface area contributed by atoms with Crippen LogP contribution in [0.15, 0.2) is 79.1 Å². The number of hydrogen-bond donors (Lipinski definition) is 0. The third-order valence-electron chi connectivity index (χ3n) is 3.67. The Morgan fingerprint density at radius 1 is 0.920 bits per heavy atom. The molecule has 1 heterocycles. The minimum atomic E-state index is -3.60. The molecule has 0 aliphatic carbocycles. The van der Waals surface area contributed by atoms with Gasteiger partial charge in [0.15, 0.2) is 0 Å². The van der Waals surface area contributed by atoms with Gasteiger partial charge in [0, 0.05) is 17.4 Å². The standard InChI is InChI=1S/C19H17ClN2O2S/c20-18-9-4-10-19(12-18)22(14-17-8-5-11-21-13-17)25(23,24)15-16-6-2-1-3-7-16/h1-13H,14-15H2. The number of pyridine rings is 1. The molecule has 3 aromatic rings. The molecule has 0 N–H and O–H groups in total. The molecule has 0 spiro atoms. The van der Waals surface area contributed by atoms with E-state index in [9.17, 15) is 8.42 Å². The number of nitrogens with zero attached hydrogens (tertiary/aromatic N) is 2. The molecule has 0 bridgehead atoms. The van der Waals surface area contributed by atoms with Crippen molar-refractivity contribution in [2.75, 3.05) is 4.31 Å². The Morgan fingerprint density at radius 2 is 1.68 bits per heavy atom. The molecule has 0 saturated heterocycles. The van der Waals surface area contributed by atoms with Crippen molar-refractivity contribution in [2.45, 2.75) is 12.3 Å². The quantitative estimate of drug-likeness (QED) is 0.649. The van der Waals surface area contributed by atoms with Gasteiger partial charge >= 0.3 is 0 Å². The van der Waals surface area contributed by atoms with E-state index in [1.165, 1.54) is 4.31 Å². The Morgan fingerprint density at radius 3 is 2.36 bits per heavy atom. The Labute approximate surface area is 152 Å². The molecule has 0 radical (unpaired) electrons. The fourth-order valence-corrected chi connectivity index (χ4v) is 4.24. The molecule has 6 heteroatoms. The minimum Gasteiger partial charge on any atom is -0.265 e. The fraction of sp³-hybridized carbons (Fsp3) is 0.105. The highest BCUT2D eigenvalue weighted by Gasteiger charge is 2.23. The van der Waals surface area contributed by atoms with E-state index in [4.69, 9.17) is 11.6 Å². The van der Waals surface area contributed by atoms with Gasteiger partial charge in [-0.3, -0.25) is 9.29 Å². The first-order valence-corrected chi connectivity index (χ1v) is 9.72. The van der Waals surface area contributed by atoms with E-state index in [2.05, 4.69) is 4.98 Å². The minimum absolute atomic E-state index is 0.0827. The summed E-state index contributed by atoms with van der Waals surface area (Å²) in [7, 11) is -3.60. The van der Waals surface area contributed by atoms with Crippen molar-refractivity contribution in [1.29, 1.82) is 0 Å². The molecule has 0 aliphatic rings. The molecule has 4 nitrogen and oxygen atoms in total. The molecular formula is C19H17ClN2O2S. The normalized spacial score (nSPS) is 11.2. The molecule has 3 rings (SSSR count). The maximum absolute atomic E-state index is 13.1. The topological polar surface area (TPSA) is 50.3 Å². The summed E-state index contributed by atoms with van der Waals surface area (Å²) in [4.78, 5) is 4.07. The van der Waals surface area contributed by atoms with Crippen LogP contribution < -0.4 is 4.31 Å². The van der Waals surface area contributed by atoms with Crippen molar-refractivity contribution in [3.63, 3.8) is 0 Å². The maximum Gasteiger partial charge on any atom is 0.239 e. The average Bonchev–Trinajstić information content (AvgIpc) is 2.61. The third kappa shape index (κ3) is 4.59. The smallest absolute Gasteiger partial charge is 0.239 e. The van der Waals surface area contributed by atoms with Crippen LogP contribution in [0.1, 0.15) is 11.1 Å². The fourth-order valence-electron chi connectivity index (χ4n) is 2.50. The second-order valence-corrected chi connectivity index (χ2v) is 7.92. The van der Waals surface area contributed by atoms with Crippen LogP contribution in [0.3, 0.4) is 0 Å². The Kier molecular flexibility index (Phi) is 5.36.